The van der Waals surface area contributed by atoms with Crippen LogP contribution in [0, 0.1) is 0 Å². The average molecular weight is 380 g/mol. The van der Waals surface area contributed by atoms with Crippen LogP contribution in [0.4, 0.5) is 0 Å². The molecule has 1 aromatic carbocycles. The quantitative estimate of drug-likeness (QED) is 0.721. The molecule has 1 aliphatic rings. The SMILES string of the molecule is CCN(CC)CCOc1ccc2c(c1)OC(C)(C)c1[se]nnc1-2. The van der Waals surface area contributed by atoms with Gasteiger partial charge in [0.2, 0.25) is 0 Å². The van der Waals surface area contributed by atoms with Gasteiger partial charge in [-0.3, -0.25) is 0 Å². The number of fused-ring (bicyclic) bond motifs is 3. The number of ether oxygens (including phenoxy) is 2. The third-order valence-corrected chi connectivity index (χ3v) is 6.34. The van der Waals surface area contributed by atoms with Crippen molar-refractivity contribution in [2.45, 2.75) is 33.3 Å². The zero-order valence-corrected chi connectivity index (χ0v) is 15.8. The molecule has 0 aliphatic carbocycles. The van der Waals surface area contributed by atoms with E-state index in [4.69, 9.17) is 9.47 Å². The fourth-order valence-corrected chi connectivity index (χ4v) is 4.26. The number of aromatic nitrogens is 2. The Morgan fingerprint density at radius 3 is 2.78 bits per heavy atom. The monoisotopic (exact) mass is 381 g/mol. The average Bonchev–Trinajstić information content (AvgIpc) is 3.02. The van der Waals surface area contributed by atoms with Crippen LogP contribution in [0.15, 0.2) is 18.2 Å². The van der Waals surface area contributed by atoms with Gasteiger partial charge in [-0.05, 0) is 0 Å². The van der Waals surface area contributed by atoms with Gasteiger partial charge in [0.25, 0.3) is 0 Å². The molecule has 0 saturated carbocycles. The molecule has 0 spiro atoms. The molecule has 0 unspecified atom stereocenters. The van der Waals surface area contributed by atoms with Crippen LogP contribution in [0.5, 0.6) is 11.5 Å². The van der Waals surface area contributed by atoms with Crippen LogP contribution < -0.4 is 9.47 Å². The topological polar surface area (TPSA) is 47.5 Å². The van der Waals surface area contributed by atoms with Crippen LogP contribution in [-0.4, -0.2) is 55.1 Å². The van der Waals surface area contributed by atoms with E-state index in [0.717, 1.165) is 42.4 Å². The molecule has 1 aliphatic heterocycles. The van der Waals surface area contributed by atoms with Crippen molar-refractivity contribution in [3.8, 4) is 22.8 Å². The zero-order valence-electron chi connectivity index (χ0n) is 14.1. The minimum atomic E-state index is -0.342. The Bertz CT molecular complexity index is 680. The van der Waals surface area contributed by atoms with Gasteiger partial charge in [0.05, 0.1) is 0 Å². The number of likely N-dealkylation sites (N-methyl/N-ethyl adjacent to an activating group) is 1. The van der Waals surface area contributed by atoms with Crippen LogP contribution in [0.2, 0.25) is 0 Å². The van der Waals surface area contributed by atoms with Gasteiger partial charge in [-0.15, -0.1) is 0 Å². The molecule has 2 heterocycles. The van der Waals surface area contributed by atoms with Gasteiger partial charge in [-0.1, -0.05) is 0 Å². The normalized spacial score (nSPS) is 15.0. The van der Waals surface area contributed by atoms with E-state index in [-0.39, 0.29) is 20.3 Å². The summed E-state index contributed by atoms with van der Waals surface area (Å²) >= 11 is 0.0511. The van der Waals surface area contributed by atoms with Crippen LogP contribution in [0.1, 0.15) is 32.1 Å². The van der Waals surface area contributed by atoms with Gasteiger partial charge >= 0.3 is 143 Å². The fraction of sp³-hybridized carbons (Fsp3) is 0.529. The van der Waals surface area contributed by atoms with Crippen molar-refractivity contribution in [3.05, 3.63) is 22.6 Å². The van der Waals surface area contributed by atoms with Gasteiger partial charge in [-0.2, -0.15) is 0 Å². The second-order valence-electron chi connectivity index (χ2n) is 6.10. The first-order valence-corrected chi connectivity index (χ1v) is 9.68. The summed E-state index contributed by atoms with van der Waals surface area (Å²) in [7, 11) is 0. The maximum absolute atomic E-state index is 6.19. The predicted molar refractivity (Wildman–Crippen MR) is 91.3 cm³/mol. The molecular formula is C17H23N3O2Se. The molecule has 23 heavy (non-hydrogen) atoms. The summed E-state index contributed by atoms with van der Waals surface area (Å²) in [5.74, 6) is 1.68. The van der Waals surface area contributed by atoms with E-state index >= 15 is 0 Å². The van der Waals surface area contributed by atoms with Gasteiger partial charge < -0.3 is 0 Å². The standard InChI is InChI=1S/C17H23N3O2Se/c1-5-20(6-2)9-10-21-12-7-8-13-14(11-12)22-17(3,4)16-15(13)18-19-23-16/h7-8,11H,5-6,9-10H2,1-4H3. The number of hydrogen-bond donors (Lipinski definition) is 0. The number of nitrogens with zero attached hydrogens (tertiary/aromatic N) is 3. The van der Waals surface area contributed by atoms with E-state index in [1.807, 2.05) is 18.2 Å². The Hall–Kier alpha value is -1.36. The molecule has 124 valence electrons. The summed E-state index contributed by atoms with van der Waals surface area (Å²) < 4.78 is 17.5. The van der Waals surface area contributed by atoms with Crippen LogP contribution >= 0.6 is 0 Å². The molecule has 0 amide bonds. The minimum absolute atomic E-state index is 0.0511. The Balaban J connectivity index is 1.76. The van der Waals surface area contributed by atoms with Gasteiger partial charge in [0.1, 0.15) is 0 Å². The van der Waals surface area contributed by atoms with Crippen LogP contribution in [0.25, 0.3) is 11.3 Å². The van der Waals surface area contributed by atoms with E-state index in [1.54, 1.807) is 0 Å². The van der Waals surface area contributed by atoms with Crippen LogP contribution in [0.3, 0.4) is 0 Å². The van der Waals surface area contributed by atoms with Crippen molar-refractivity contribution >= 4 is 14.7 Å². The van der Waals surface area contributed by atoms with E-state index in [1.165, 1.54) is 4.44 Å². The molecule has 0 saturated heterocycles. The second kappa shape index (κ2) is 6.63. The molecule has 0 fully saturated rings. The van der Waals surface area contributed by atoms with E-state index < -0.39 is 0 Å². The molecule has 3 rings (SSSR count). The maximum atomic E-state index is 6.19. The van der Waals surface area contributed by atoms with Crippen molar-refractivity contribution in [2.75, 3.05) is 26.2 Å². The summed E-state index contributed by atoms with van der Waals surface area (Å²) in [6, 6.07) is 6.01. The van der Waals surface area contributed by atoms with Gasteiger partial charge in [0.15, 0.2) is 0 Å². The molecular weight excluding hydrogens is 357 g/mol. The first-order chi connectivity index (χ1) is 11.0. The van der Waals surface area contributed by atoms with Crippen molar-refractivity contribution in [3.63, 3.8) is 0 Å². The summed E-state index contributed by atoms with van der Waals surface area (Å²) in [6.07, 6.45) is 0. The van der Waals surface area contributed by atoms with E-state index in [0.29, 0.717) is 6.61 Å². The van der Waals surface area contributed by atoms with Crippen molar-refractivity contribution < 1.29 is 9.47 Å². The molecule has 0 radical (unpaired) electrons. The van der Waals surface area contributed by atoms with Crippen molar-refractivity contribution in [1.29, 1.82) is 0 Å². The second-order valence-corrected chi connectivity index (χ2v) is 7.68. The fourth-order valence-electron chi connectivity index (χ4n) is 2.79. The molecule has 2 aromatic rings. The molecule has 0 atom stereocenters. The zero-order chi connectivity index (χ0) is 16.4. The Kier molecular flexibility index (Phi) is 4.76. The first kappa shape index (κ1) is 16.5. The van der Waals surface area contributed by atoms with Gasteiger partial charge in [0, 0.05) is 0 Å². The summed E-state index contributed by atoms with van der Waals surface area (Å²) in [5, 5.41) is 4.34. The Labute approximate surface area is 143 Å². The van der Waals surface area contributed by atoms with Crippen molar-refractivity contribution in [2.24, 2.45) is 0 Å². The third-order valence-electron chi connectivity index (χ3n) is 4.18. The van der Waals surface area contributed by atoms with Crippen LogP contribution in [-0.2, 0) is 5.60 Å². The molecule has 1 aromatic heterocycles. The van der Waals surface area contributed by atoms with E-state index in [2.05, 4.69) is 41.8 Å². The third kappa shape index (κ3) is 3.30. The Morgan fingerprint density at radius 2 is 2.04 bits per heavy atom. The van der Waals surface area contributed by atoms with Gasteiger partial charge in [-0.25, -0.2) is 0 Å². The summed E-state index contributed by atoms with van der Waals surface area (Å²) in [6.45, 7) is 12.2. The molecule has 0 N–H and O–H groups in total. The molecule has 5 nitrogen and oxygen atoms in total. The predicted octanol–water partition coefficient (Wildman–Crippen LogP) is 2.55. The number of hydrogen-bond acceptors (Lipinski definition) is 5. The molecule has 6 heteroatoms. The Morgan fingerprint density at radius 1 is 1.26 bits per heavy atom. The first-order valence-electron chi connectivity index (χ1n) is 8.06. The molecule has 0 bridgehead atoms. The van der Waals surface area contributed by atoms with Crippen molar-refractivity contribution in [1.82, 2.24) is 14.1 Å². The summed E-state index contributed by atoms with van der Waals surface area (Å²) in [5.41, 5.74) is 1.68. The summed E-state index contributed by atoms with van der Waals surface area (Å²) in [4.78, 5) is 2.34. The number of benzene rings is 1. The number of rotatable bonds is 6. The van der Waals surface area contributed by atoms with E-state index in [9.17, 15) is 0 Å².